The molecule has 0 fully saturated rings. The molecule has 1 aliphatic heterocycles. The van der Waals surface area contributed by atoms with Gasteiger partial charge in [-0.3, -0.25) is 9.59 Å². The van der Waals surface area contributed by atoms with Crippen molar-refractivity contribution in [3.05, 3.63) is 65.2 Å². The predicted octanol–water partition coefficient (Wildman–Crippen LogP) is 4.03. The van der Waals surface area contributed by atoms with Gasteiger partial charge in [-0.05, 0) is 31.2 Å². The highest BCUT2D eigenvalue weighted by molar-refractivity contribution is 6.30. The number of fused-ring (bicyclic) bond motifs is 1. The number of hydrogen-bond donors (Lipinski definition) is 2. The van der Waals surface area contributed by atoms with Crippen molar-refractivity contribution >= 4 is 34.9 Å². The Hall–Kier alpha value is -3.12. The Morgan fingerprint density at radius 1 is 1.19 bits per heavy atom. The summed E-state index contributed by atoms with van der Waals surface area (Å²) in [5, 5.41) is 10.9. The van der Waals surface area contributed by atoms with Crippen LogP contribution in [0.25, 0.3) is 11.3 Å². The highest BCUT2D eigenvalue weighted by atomic mass is 35.5. The molecule has 0 spiro atoms. The molecular formula is C20H17ClN4O2. The molecule has 2 heterocycles. The fourth-order valence-corrected chi connectivity index (χ4v) is 3.30. The summed E-state index contributed by atoms with van der Waals surface area (Å²) in [6.45, 7) is 1.89. The third kappa shape index (κ3) is 3.31. The Balaban J connectivity index is 1.69. The molecule has 2 aromatic carbocycles. The molecule has 1 aliphatic rings. The van der Waals surface area contributed by atoms with Crippen molar-refractivity contribution in [1.82, 2.24) is 9.78 Å². The zero-order valence-electron chi connectivity index (χ0n) is 14.6. The first-order valence-corrected chi connectivity index (χ1v) is 8.91. The summed E-state index contributed by atoms with van der Waals surface area (Å²) < 4.78 is 1.60. The molecule has 1 aromatic heterocycles. The molecule has 2 amide bonds. The van der Waals surface area contributed by atoms with E-state index in [-0.39, 0.29) is 18.2 Å². The fourth-order valence-electron chi connectivity index (χ4n) is 3.17. The van der Waals surface area contributed by atoms with Crippen LogP contribution in [0, 0.1) is 6.92 Å². The minimum Gasteiger partial charge on any atom is -0.324 e. The van der Waals surface area contributed by atoms with Crippen LogP contribution in [0.15, 0.2) is 54.6 Å². The van der Waals surface area contributed by atoms with Gasteiger partial charge in [0.2, 0.25) is 11.8 Å². The van der Waals surface area contributed by atoms with Gasteiger partial charge >= 0.3 is 0 Å². The van der Waals surface area contributed by atoms with Gasteiger partial charge in [-0.15, -0.1) is 0 Å². The molecule has 0 unspecified atom stereocenters. The van der Waals surface area contributed by atoms with Crippen molar-refractivity contribution in [2.24, 2.45) is 0 Å². The third-order valence-electron chi connectivity index (χ3n) is 4.54. The number of nitrogens with one attached hydrogen (secondary N) is 2. The maximum absolute atomic E-state index is 12.8. The van der Waals surface area contributed by atoms with Crippen LogP contribution < -0.4 is 10.6 Å². The molecule has 0 aliphatic carbocycles. The molecule has 6 nitrogen and oxygen atoms in total. The lowest BCUT2D eigenvalue weighted by Crippen LogP contribution is -2.35. The standard InChI is InChI=1S/C20H17ClN4O2/c1-12-18(13-5-3-2-4-6-13)24-25-16(11-17(26)23-19(12)25)20(27)22-15-9-7-14(21)8-10-15/h2-10,16H,11H2,1H3,(H,22,27)(H,23,26)/t16-/m0/s1. The molecule has 0 saturated heterocycles. The van der Waals surface area contributed by atoms with E-state index in [0.29, 0.717) is 16.5 Å². The van der Waals surface area contributed by atoms with Gasteiger partial charge in [0.15, 0.2) is 0 Å². The van der Waals surface area contributed by atoms with Crippen LogP contribution in [0.5, 0.6) is 0 Å². The molecule has 0 saturated carbocycles. The molecule has 3 aromatic rings. The summed E-state index contributed by atoms with van der Waals surface area (Å²) in [5.41, 5.74) is 3.13. The molecule has 1 atom stereocenters. The first kappa shape index (κ1) is 17.3. The number of carbonyl (C=O) groups excluding carboxylic acids is 2. The van der Waals surface area contributed by atoms with E-state index in [9.17, 15) is 9.59 Å². The maximum atomic E-state index is 12.8. The van der Waals surface area contributed by atoms with Crippen LogP contribution in [0.3, 0.4) is 0 Å². The maximum Gasteiger partial charge on any atom is 0.249 e. The molecule has 0 bridgehead atoms. The zero-order valence-corrected chi connectivity index (χ0v) is 15.3. The SMILES string of the molecule is Cc1c(-c2ccccc2)nn2c1NC(=O)C[C@H]2C(=O)Nc1ccc(Cl)cc1. The second-order valence-corrected chi connectivity index (χ2v) is 6.83. The quantitative estimate of drug-likeness (QED) is 0.720. The van der Waals surface area contributed by atoms with Gasteiger partial charge in [-0.1, -0.05) is 41.9 Å². The Morgan fingerprint density at radius 3 is 2.59 bits per heavy atom. The Labute approximate surface area is 161 Å². The number of benzene rings is 2. The number of carbonyl (C=O) groups is 2. The Bertz CT molecular complexity index is 1010. The minimum absolute atomic E-state index is 0.0295. The van der Waals surface area contributed by atoms with E-state index < -0.39 is 6.04 Å². The Morgan fingerprint density at radius 2 is 1.89 bits per heavy atom. The summed E-state index contributed by atoms with van der Waals surface area (Å²) in [4.78, 5) is 25.0. The van der Waals surface area contributed by atoms with Gasteiger partial charge in [0.25, 0.3) is 0 Å². The zero-order chi connectivity index (χ0) is 19.0. The normalized spacial score (nSPS) is 15.8. The molecule has 4 rings (SSSR count). The minimum atomic E-state index is -0.722. The van der Waals surface area contributed by atoms with Crippen LogP contribution in [0.2, 0.25) is 5.02 Å². The van der Waals surface area contributed by atoms with Crippen molar-refractivity contribution in [2.45, 2.75) is 19.4 Å². The molecule has 136 valence electrons. The number of rotatable bonds is 3. The Kier molecular flexibility index (Phi) is 4.41. The predicted molar refractivity (Wildman–Crippen MR) is 105 cm³/mol. The monoisotopic (exact) mass is 380 g/mol. The number of hydrogen-bond acceptors (Lipinski definition) is 3. The van der Waals surface area contributed by atoms with Gasteiger partial charge in [0.1, 0.15) is 11.9 Å². The largest absolute Gasteiger partial charge is 0.324 e. The third-order valence-corrected chi connectivity index (χ3v) is 4.79. The number of nitrogens with zero attached hydrogens (tertiary/aromatic N) is 2. The highest BCUT2D eigenvalue weighted by Crippen LogP contribution is 2.34. The molecule has 27 heavy (non-hydrogen) atoms. The van der Waals surface area contributed by atoms with Crippen molar-refractivity contribution in [1.29, 1.82) is 0 Å². The number of anilines is 2. The van der Waals surface area contributed by atoms with E-state index in [2.05, 4.69) is 15.7 Å². The van der Waals surface area contributed by atoms with E-state index in [1.54, 1.807) is 28.9 Å². The average Bonchev–Trinajstić information content (AvgIpc) is 3.00. The second kappa shape index (κ2) is 6.89. The van der Waals surface area contributed by atoms with Gasteiger partial charge < -0.3 is 10.6 Å². The van der Waals surface area contributed by atoms with E-state index in [1.807, 2.05) is 37.3 Å². The first-order chi connectivity index (χ1) is 13.0. The highest BCUT2D eigenvalue weighted by Gasteiger charge is 2.34. The van der Waals surface area contributed by atoms with Crippen molar-refractivity contribution in [2.75, 3.05) is 10.6 Å². The van der Waals surface area contributed by atoms with Crippen LogP contribution >= 0.6 is 11.6 Å². The number of amides is 2. The summed E-state index contributed by atoms with van der Waals surface area (Å²) in [7, 11) is 0. The van der Waals surface area contributed by atoms with Gasteiger partial charge in [0.05, 0.1) is 12.1 Å². The van der Waals surface area contributed by atoms with Crippen LogP contribution in [0.1, 0.15) is 18.0 Å². The van der Waals surface area contributed by atoms with Crippen molar-refractivity contribution in [3.63, 3.8) is 0 Å². The smallest absolute Gasteiger partial charge is 0.249 e. The van der Waals surface area contributed by atoms with Gasteiger partial charge in [0, 0.05) is 21.8 Å². The van der Waals surface area contributed by atoms with Gasteiger partial charge in [-0.2, -0.15) is 5.10 Å². The summed E-state index contributed by atoms with van der Waals surface area (Å²) in [6, 6.07) is 15.8. The summed E-state index contributed by atoms with van der Waals surface area (Å²) in [5.74, 6) is 0.0539. The lowest BCUT2D eigenvalue weighted by Gasteiger charge is -2.24. The molecule has 2 N–H and O–H groups in total. The van der Waals surface area contributed by atoms with Crippen LogP contribution in [0.4, 0.5) is 11.5 Å². The van der Waals surface area contributed by atoms with Gasteiger partial charge in [-0.25, -0.2) is 4.68 Å². The van der Waals surface area contributed by atoms with E-state index >= 15 is 0 Å². The second-order valence-electron chi connectivity index (χ2n) is 6.40. The van der Waals surface area contributed by atoms with E-state index in [4.69, 9.17) is 11.6 Å². The van der Waals surface area contributed by atoms with E-state index in [1.165, 1.54) is 0 Å². The lowest BCUT2D eigenvalue weighted by molar-refractivity contribution is -0.125. The van der Waals surface area contributed by atoms with Crippen LogP contribution in [-0.4, -0.2) is 21.6 Å². The average molecular weight is 381 g/mol. The van der Waals surface area contributed by atoms with Crippen molar-refractivity contribution < 1.29 is 9.59 Å². The molecule has 7 heteroatoms. The van der Waals surface area contributed by atoms with Crippen LogP contribution in [-0.2, 0) is 9.59 Å². The topological polar surface area (TPSA) is 76.0 Å². The molecular weight excluding hydrogens is 364 g/mol. The fraction of sp³-hybridized carbons (Fsp3) is 0.150. The number of halogens is 1. The summed E-state index contributed by atoms with van der Waals surface area (Å²) in [6.07, 6.45) is 0.0295. The summed E-state index contributed by atoms with van der Waals surface area (Å²) >= 11 is 5.88. The lowest BCUT2D eigenvalue weighted by atomic mass is 10.1. The first-order valence-electron chi connectivity index (χ1n) is 8.54. The number of aromatic nitrogens is 2. The van der Waals surface area contributed by atoms with Crippen molar-refractivity contribution in [3.8, 4) is 11.3 Å². The molecule has 0 radical (unpaired) electrons. The van der Waals surface area contributed by atoms with E-state index in [0.717, 1.165) is 16.8 Å².